The molecule has 1 N–H and O–H groups in total. The Morgan fingerprint density at radius 1 is 0.842 bits per heavy atom. The normalized spacial score (nSPS) is 10.8. The first-order chi connectivity index (χ1) is 9.06. The predicted octanol–water partition coefficient (Wildman–Crippen LogP) is 4.53. The van der Waals surface area contributed by atoms with Gasteiger partial charge in [-0.05, 0) is 6.42 Å². The van der Waals surface area contributed by atoms with Crippen LogP contribution < -0.4 is 0 Å². The maximum Gasteiger partial charge on any atom is 0.397 e. The van der Waals surface area contributed by atoms with Crippen LogP contribution in [-0.2, 0) is 14.6 Å². The van der Waals surface area contributed by atoms with Crippen molar-refractivity contribution >= 4 is 10.4 Å². The SMILES string of the molecule is C=C.CCCCCCCCCCCCOS(=O)(=O)O. The average molecular weight is 294 g/mol. The van der Waals surface area contributed by atoms with Crippen LogP contribution in [0.25, 0.3) is 0 Å². The molecule has 0 saturated carbocycles. The standard InChI is InChI=1S/C12H26O4S.C2H4/c1-2-3-4-5-6-7-8-9-10-11-12-16-17(13,14)15;1-2/h2-12H2,1H3,(H,13,14,15);1-2H2. The number of hydrogen-bond donors (Lipinski definition) is 1. The highest BCUT2D eigenvalue weighted by Crippen LogP contribution is 2.10. The van der Waals surface area contributed by atoms with E-state index in [0.717, 1.165) is 12.8 Å². The maximum absolute atomic E-state index is 10.2. The minimum atomic E-state index is -4.23. The van der Waals surface area contributed by atoms with Gasteiger partial charge in [0.2, 0.25) is 0 Å². The van der Waals surface area contributed by atoms with Crippen LogP contribution in [0, 0.1) is 0 Å². The van der Waals surface area contributed by atoms with Gasteiger partial charge in [0.15, 0.2) is 0 Å². The molecule has 0 aliphatic heterocycles. The molecule has 0 aromatic heterocycles. The monoisotopic (exact) mass is 294 g/mol. The molecular formula is C14H30O4S. The summed E-state index contributed by atoms with van der Waals surface area (Å²) in [6.07, 6.45) is 11.9. The smallest absolute Gasteiger partial charge is 0.264 e. The summed E-state index contributed by atoms with van der Waals surface area (Å²) in [7, 11) is -4.23. The fourth-order valence-electron chi connectivity index (χ4n) is 1.75. The molecule has 0 aliphatic carbocycles. The van der Waals surface area contributed by atoms with Crippen molar-refractivity contribution in [3.63, 3.8) is 0 Å². The third-order valence-corrected chi connectivity index (χ3v) is 3.19. The summed E-state index contributed by atoms with van der Waals surface area (Å²) in [5.41, 5.74) is 0. The molecule has 4 nitrogen and oxygen atoms in total. The lowest BCUT2D eigenvalue weighted by atomic mass is 10.1. The molecule has 0 radical (unpaired) electrons. The zero-order chi connectivity index (χ0) is 15.0. The van der Waals surface area contributed by atoms with E-state index in [4.69, 9.17) is 4.55 Å². The lowest BCUT2D eigenvalue weighted by Gasteiger charge is -2.02. The fourth-order valence-corrected chi connectivity index (χ4v) is 2.08. The first-order valence-electron chi connectivity index (χ1n) is 7.18. The Bertz CT molecular complexity index is 263. The van der Waals surface area contributed by atoms with Crippen molar-refractivity contribution in [3.8, 4) is 0 Å². The summed E-state index contributed by atoms with van der Waals surface area (Å²) in [4.78, 5) is 0. The molecular weight excluding hydrogens is 264 g/mol. The number of rotatable bonds is 12. The van der Waals surface area contributed by atoms with Crippen LogP contribution in [0.15, 0.2) is 13.2 Å². The van der Waals surface area contributed by atoms with Crippen LogP contribution in [0.5, 0.6) is 0 Å². The zero-order valence-electron chi connectivity index (χ0n) is 12.3. The van der Waals surface area contributed by atoms with Crippen LogP contribution in [0.1, 0.15) is 71.1 Å². The Kier molecular flexibility index (Phi) is 17.2. The zero-order valence-corrected chi connectivity index (χ0v) is 13.1. The molecule has 0 unspecified atom stereocenters. The van der Waals surface area contributed by atoms with Crippen molar-refractivity contribution in [2.75, 3.05) is 6.61 Å². The Hall–Kier alpha value is -0.390. The molecule has 5 heteroatoms. The minimum Gasteiger partial charge on any atom is -0.264 e. The van der Waals surface area contributed by atoms with E-state index in [-0.39, 0.29) is 6.61 Å². The Labute approximate surface area is 119 Å². The summed E-state index contributed by atoms with van der Waals surface area (Å²) < 4.78 is 33.0. The summed E-state index contributed by atoms with van der Waals surface area (Å²) in [6.45, 7) is 8.31. The van der Waals surface area contributed by atoms with E-state index in [1.54, 1.807) is 0 Å². The van der Waals surface area contributed by atoms with Crippen LogP contribution >= 0.6 is 0 Å². The quantitative estimate of drug-likeness (QED) is 0.326. The summed E-state index contributed by atoms with van der Waals surface area (Å²) >= 11 is 0. The van der Waals surface area contributed by atoms with E-state index < -0.39 is 10.4 Å². The summed E-state index contributed by atoms with van der Waals surface area (Å²) in [5, 5.41) is 0. The van der Waals surface area contributed by atoms with Gasteiger partial charge in [0.1, 0.15) is 0 Å². The molecule has 0 fully saturated rings. The lowest BCUT2D eigenvalue weighted by Crippen LogP contribution is -2.04. The third kappa shape index (κ3) is 23.2. The molecule has 0 saturated heterocycles. The molecule has 0 aliphatic rings. The first-order valence-corrected chi connectivity index (χ1v) is 8.54. The van der Waals surface area contributed by atoms with Crippen LogP contribution in [0.4, 0.5) is 0 Å². The second-order valence-corrected chi connectivity index (χ2v) is 5.52. The summed E-state index contributed by atoms with van der Waals surface area (Å²) in [5.74, 6) is 0. The average Bonchev–Trinajstić information content (AvgIpc) is 2.37. The van der Waals surface area contributed by atoms with Crippen LogP contribution in [-0.4, -0.2) is 19.6 Å². The second-order valence-electron chi connectivity index (χ2n) is 4.43. The molecule has 19 heavy (non-hydrogen) atoms. The topological polar surface area (TPSA) is 63.6 Å². The third-order valence-electron chi connectivity index (χ3n) is 2.73. The Morgan fingerprint density at radius 3 is 1.58 bits per heavy atom. The van der Waals surface area contributed by atoms with Gasteiger partial charge in [-0.25, -0.2) is 4.18 Å². The van der Waals surface area contributed by atoms with Gasteiger partial charge in [0, 0.05) is 0 Å². The highest BCUT2D eigenvalue weighted by Gasteiger charge is 2.02. The highest BCUT2D eigenvalue weighted by atomic mass is 32.3. The van der Waals surface area contributed by atoms with Crippen molar-refractivity contribution in [3.05, 3.63) is 13.2 Å². The Balaban J connectivity index is 0. The van der Waals surface area contributed by atoms with Crippen molar-refractivity contribution in [2.45, 2.75) is 71.1 Å². The van der Waals surface area contributed by atoms with E-state index in [1.807, 2.05) is 0 Å². The highest BCUT2D eigenvalue weighted by molar-refractivity contribution is 7.80. The largest absolute Gasteiger partial charge is 0.397 e. The van der Waals surface area contributed by atoms with Crippen molar-refractivity contribution in [1.29, 1.82) is 0 Å². The molecule has 0 aromatic carbocycles. The van der Waals surface area contributed by atoms with Crippen LogP contribution in [0.3, 0.4) is 0 Å². The van der Waals surface area contributed by atoms with Crippen molar-refractivity contribution in [1.82, 2.24) is 0 Å². The molecule has 0 spiro atoms. The molecule has 116 valence electrons. The van der Waals surface area contributed by atoms with Gasteiger partial charge in [0.25, 0.3) is 0 Å². The maximum atomic E-state index is 10.2. The number of hydrogen-bond acceptors (Lipinski definition) is 3. The van der Waals surface area contributed by atoms with E-state index in [1.165, 1.54) is 44.9 Å². The van der Waals surface area contributed by atoms with E-state index in [9.17, 15) is 8.42 Å². The molecule has 0 atom stereocenters. The molecule has 0 amide bonds. The van der Waals surface area contributed by atoms with Gasteiger partial charge >= 0.3 is 10.4 Å². The fraction of sp³-hybridized carbons (Fsp3) is 0.857. The van der Waals surface area contributed by atoms with E-state index in [0.29, 0.717) is 6.42 Å². The van der Waals surface area contributed by atoms with E-state index >= 15 is 0 Å². The van der Waals surface area contributed by atoms with Crippen molar-refractivity contribution in [2.24, 2.45) is 0 Å². The molecule has 0 heterocycles. The molecule has 0 aromatic rings. The lowest BCUT2D eigenvalue weighted by molar-refractivity contribution is 0.261. The molecule has 0 rings (SSSR count). The minimum absolute atomic E-state index is 0.0926. The Morgan fingerprint density at radius 2 is 1.21 bits per heavy atom. The van der Waals surface area contributed by atoms with Gasteiger partial charge in [0.05, 0.1) is 6.61 Å². The van der Waals surface area contributed by atoms with Gasteiger partial charge in [-0.15, -0.1) is 13.2 Å². The van der Waals surface area contributed by atoms with Crippen LogP contribution in [0.2, 0.25) is 0 Å². The molecule has 0 bridgehead atoms. The van der Waals surface area contributed by atoms with Gasteiger partial charge in [-0.1, -0.05) is 64.7 Å². The second kappa shape index (κ2) is 15.7. The van der Waals surface area contributed by atoms with E-state index in [2.05, 4.69) is 24.3 Å². The number of unbranched alkanes of at least 4 members (excludes halogenated alkanes) is 9. The van der Waals surface area contributed by atoms with Crippen molar-refractivity contribution < 1.29 is 17.2 Å². The first kappa shape index (κ1) is 20.9. The summed E-state index contributed by atoms with van der Waals surface area (Å²) in [6, 6.07) is 0. The van der Waals surface area contributed by atoms with Gasteiger partial charge in [-0.2, -0.15) is 8.42 Å². The predicted molar refractivity (Wildman–Crippen MR) is 80.6 cm³/mol. The van der Waals surface area contributed by atoms with Gasteiger partial charge < -0.3 is 0 Å². The van der Waals surface area contributed by atoms with Gasteiger partial charge in [-0.3, -0.25) is 4.55 Å².